The van der Waals surface area contributed by atoms with Crippen LogP contribution in [0.5, 0.6) is 0 Å². The van der Waals surface area contributed by atoms with Crippen LogP contribution in [0.15, 0.2) is 47.6 Å². The molecule has 0 saturated carbocycles. The van der Waals surface area contributed by atoms with E-state index in [0.29, 0.717) is 5.56 Å². The Hall–Kier alpha value is -2.49. The predicted molar refractivity (Wildman–Crippen MR) is 87.0 cm³/mol. The molecule has 4 heteroatoms. The van der Waals surface area contributed by atoms with Crippen LogP contribution >= 0.6 is 0 Å². The summed E-state index contributed by atoms with van der Waals surface area (Å²) in [6, 6.07) is 14.1. The van der Waals surface area contributed by atoms with E-state index in [-0.39, 0.29) is 5.84 Å². The largest absolute Gasteiger partial charge is 0.409 e. The molecule has 21 heavy (non-hydrogen) atoms. The lowest BCUT2D eigenvalue weighted by molar-refractivity contribution is 0.318. The zero-order valence-corrected chi connectivity index (χ0v) is 12.7. The van der Waals surface area contributed by atoms with Crippen LogP contribution in [0.2, 0.25) is 0 Å². The molecule has 0 fully saturated rings. The van der Waals surface area contributed by atoms with Gasteiger partial charge in [0.2, 0.25) is 0 Å². The number of nitrogens with zero attached hydrogens (tertiary/aromatic N) is 2. The van der Waals surface area contributed by atoms with Gasteiger partial charge in [0.15, 0.2) is 5.84 Å². The Morgan fingerprint density at radius 3 is 2.67 bits per heavy atom. The maximum absolute atomic E-state index is 8.77. The molecule has 0 bridgehead atoms. The quantitative estimate of drug-likeness (QED) is 0.392. The van der Waals surface area contributed by atoms with Gasteiger partial charge in [-0.15, -0.1) is 0 Å². The molecule has 2 aromatic carbocycles. The molecule has 2 aromatic rings. The number of oxime groups is 1. The first kappa shape index (κ1) is 14.9. The molecule has 0 amide bonds. The fraction of sp³-hybridized carbons (Fsp3) is 0.235. The summed E-state index contributed by atoms with van der Waals surface area (Å²) in [7, 11) is 2.03. The van der Waals surface area contributed by atoms with Crippen LogP contribution in [-0.2, 0) is 6.54 Å². The van der Waals surface area contributed by atoms with E-state index in [2.05, 4.69) is 42.1 Å². The van der Waals surface area contributed by atoms with E-state index >= 15 is 0 Å². The lowest BCUT2D eigenvalue weighted by Gasteiger charge is -2.21. The van der Waals surface area contributed by atoms with E-state index < -0.39 is 0 Å². The van der Waals surface area contributed by atoms with Gasteiger partial charge < -0.3 is 15.8 Å². The molecular weight excluding hydrogens is 262 g/mol. The maximum Gasteiger partial charge on any atom is 0.170 e. The van der Waals surface area contributed by atoms with Gasteiger partial charge in [0.25, 0.3) is 0 Å². The third kappa shape index (κ3) is 3.54. The van der Waals surface area contributed by atoms with Crippen LogP contribution in [-0.4, -0.2) is 18.1 Å². The first-order chi connectivity index (χ1) is 10.0. The summed E-state index contributed by atoms with van der Waals surface area (Å²) in [6.07, 6.45) is 0. The highest BCUT2D eigenvalue weighted by molar-refractivity contribution is 5.97. The molecule has 0 unspecified atom stereocenters. The van der Waals surface area contributed by atoms with Gasteiger partial charge in [0.1, 0.15) is 0 Å². The molecule has 0 radical (unpaired) electrons. The molecule has 110 valence electrons. The molecule has 0 aliphatic carbocycles. The average Bonchev–Trinajstić information content (AvgIpc) is 2.50. The van der Waals surface area contributed by atoms with E-state index in [1.54, 1.807) is 0 Å². The highest BCUT2D eigenvalue weighted by atomic mass is 16.4. The third-order valence-electron chi connectivity index (χ3n) is 3.60. The summed E-state index contributed by atoms with van der Waals surface area (Å²) >= 11 is 0. The number of hydrogen-bond acceptors (Lipinski definition) is 3. The highest BCUT2D eigenvalue weighted by Crippen LogP contribution is 2.19. The Kier molecular flexibility index (Phi) is 4.48. The molecule has 0 spiro atoms. The number of rotatable bonds is 4. The van der Waals surface area contributed by atoms with Crippen LogP contribution in [0.1, 0.15) is 22.3 Å². The van der Waals surface area contributed by atoms with Crippen molar-refractivity contribution >= 4 is 11.5 Å². The van der Waals surface area contributed by atoms with Gasteiger partial charge >= 0.3 is 0 Å². The lowest BCUT2D eigenvalue weighted by Crippen LogP contribution is -2.19. The standard InChI is InChI=1S/C17H21N3O/c1-12-7-8-13(2)15(9-12)11-20(3)16-6-4-5-14(10-16)17(18)19-21/h4-10,21H,11H2,1-3H3,(H2,18,19). The average molecular weight is 283 g/mol. The zero-order valence-electron chi connectivity index (χ0n) is 12.7. The number of amidine groups is 1. The van der Waals surface area contributed by atoms with Gasteiger partial charge in [-0.1, -0.05) is 41.1 Å². The van der Waals surface area contributed by atoms with Crippen LogP contribution in [0.25, 0.3) is 0 Å². The van der Waals surface area contributed by atoms with Crippen LogP contribution in [0.4, 0.5) is 5.69 Å². The van der Waals surface area contributed by atoms with Gasteiger partial charge in [0.05, 0.1) is 0 Å². The molecular formula is C17H21N3O. The van der Waals surface area contributed by atoms with Crippen molar-refractivity contribution in [3.63, 3.8) is 0 Å². The molecule has 0 atom stereocenters. The minimum Gasteiger partial charge on any atom is -0.409 e. The van der Waals surface area contributed by atoms with Gasteiger partial charge in [-0.05, 0) is 37.1 Å². The Morgan fingerprint density at radius 2 is 1.95 bits per heavy atom. The molecule has 2 rings (SSSR count). The summed E-state index contributed by atoms with van der Waals surface area (Å²) in [5, 5.41) is 11.8. The number of nitrogens with two attached hydrogens (primary N) is 1. The van der Waals surface area contributed by atoms with Crippen LogP contribution in [0.3, 0.4) is 0 Å². The van der Waals surface area contributed by atoms with Crippen molar-refractivity contribution in [3.8, 4) is 0 Å². The Bertz CT molecular complexity index is 665. The zero-order chi connectivity index (χ0) is 15.4. The van der Waals surface area contributed by atoms with Gasteiger partial charge in [-0.2, -0.15) is 0 Å². The first-order valence-electron chi connectivity index (χ1n) is 6.86. The summed E-state index contributed by atoms with van der Waals surface area (Å²) < 4.78 is 0. The topological polar surface area (TPSA) is 61.8 Å². The third-order valence-corrected chi connectivity index (χ3v) is 3.60. The summed E-state index contributed by atoms with van der Waals surface area (Å²) in [5.74, 6) is 0.122. The summed E-state index contributed by atoms with van der Waals surface area (Å²) in [6.45, 7) is 5.03. The fourth-order valence-corrected chi connectivity index (χ4v) is 2.28. The van der Waals surface area contributed by atoms with E-state index in [4.69, 9.17) is 10.9 Å². The summed E-state index contributed by atoms with van der Waals surface area (Å²) in [4.78, 5) is 2.15. The van der Waals surface area contributed by atoms with Crippen molar-refractivity contribution in [3.05, 3.63) is 64.7 Å². The number of hydrogen-bond donors (Lipinski definition) is 2. The Balaban J connectivity index is 2.24. The molecule has 0 aliphatic rings. The SMILES string of the molecule is Cc1ccc(C)c(CN(C)c2cccc(C(N)=NO)c2)c1. The minimum atomic E-state index is 0.122. The van der Waals surface area contributed by atoms with E-state index in [0.717, 1.165) is 12.2 Å². The van der Waals surface area contributed by atoms with Crippen molar-refractivity contribution in [1.82, 2.24) is 0 Å². The molecule has 0 saturated heterocycles. The number of anilines is 1. The van der Waals surface area contributed by atoms with E-state index in [1.807, 2.05) is 31.3 Å². The molecule has 0 aromatic heterocycles. The van der Waals surface area contributed by atoms with Gasteiger partial charge in [-0.25, -0.2) is 0 Å². The molecule has 3 N–H and O–H groups in total. The normalized spacial score (nSPS) is 11.5. The fourth-order valence-electron chi connectivity index (χ4n) is 2.28. The van der Waals surface area contributed by atoms with Crippen LogP contribution in [0, 0.1) is 13.8 Å². The molecule has 0 aliphatic heterocycles. The monoisotopic (exact) mass is 283 g/mol. The lowest BCUT2D eigenvalue weighted by atomic mass is 10.0. The maximum atomic E-state index is 8.77. The smallest absolute Gasteiger partial charge is 0.170 e. The number of aryl methyl sites for hydroxylation is 2. The number of benzene rings is 2. The minimum absolute atomic E-state index is 0.122. The van der Waals surface area contributed by atoms with Crippen LogP contribution < -0.4 is 10.6 Å². The van der Waals surface area contributed by atoms with Gasteiger partial charge in [0, 0.05) is 24.8 Å². The predicted octanol–water partition coefficient (Wildman–Crippen LogP) is 3.03. The van der Waals surface area contributed by atoms with Crippen molar-refractivity contribution in [2.24, 2.45) is 10.9 Å². The van der Waals surface area contributed by atoms with Crippen molar-refractivity contribution in [2.45, 2.75) is 20.4 Å². The Morgan fingerprint density at radius 1 is 1.19 bits per heavy atom. The van der Waals surface area contributed by atoms with Gasteiger partial charge in [-0.3, -0.25) is 0 Å². The Labute approximate surface area is 125 Å². The molecule has 4 nitrogen and oxygen atoms in total. The second-order valence-corrected chi connectivity index (χ2v) is 5.32. The van der Waals surface area contributed by atoms with E-state index in [9.17, 15) is 0 Å². The summed E-state index contributed by atoms with van der Waals surface area (Å²) in [5.41, 5.74) is 11.2. The van der Waals surface area contributed by atoms with Crippen molar-refractivity contribution < 1.29 is 5.21 Å². The first-order valence-corrected chi connectivity index (χ1v) is 6.86. The van der Waals surface area contributed by atoms with Crippen molar-refractivity contribution in [1.29, 1.82) is 0 Å². The van der Waals surface area contributed by atoms with Crippen molar-refractivity contribution in [2.75, 3.05) is 11.9 Å². The molecule has 0 heterocycles. The second kappa shape index (κ2) is 6.31. The van der Waals surface area contributed by atoms with E-state index in [1.165, 1.54) is 16.7 Å². The highest BCUT2D eigenvalue weighted by Gasteiger charge is 2.07. The second-order valence-electron chi connectivity index (χ2n) is 5.32.